The van der Waals surface area contributed by atoms with E-state index in [0.717, 1.165) is 56.3 Å². The van der Waals surface area contributed by atoms with Crippen LogP contribution in [0.1, 0.15) is 64.7 Å². The summed E-state index contributed by atoms with van der Waals surface area (Å²) in [5, 5.41) is 7.20. The van der Waals surface area contributed by atoms with Gasteiger partial charge in [0.25, 0.3) is 5.91 Å². The molecular formula is C18H20N2O2. The minimum atomic E-state index is -0.0893. The summed E-state index contributed by atoms with van der Waals surface area (Å²) in [5.41, 5.74) is 4.12. The van der Waals surface area contributed by atoms with Crippen LogP contribution in [0.4, 0.5) is 0 Å². The molecule has 1 heterocycles. The highest BCUT2D eigenvalue weighted by atomic mass is 16.5. The number of carbonyl (C=O) groups excluding carboxylic acids is 1. The molecule has 4 rings (SSSR count). The lowest BCUT2D eigenvalue weighted by atomic mass is 9.87. The first-order valence-electron chi connectivity index (χ1n) is 8.19. The lowest BCUT2D eigenvalue weighted by Crippen LogP contribution is -2.31. The lowest BCUT2D eigenvalue weighted by molar-refractivity contribution is 0.0922. The average Bonchev–Trinajstić information content (AvgIpc) is 2.99. The van der Waals surface area contributed by atoms with Crippen LogP contribution in [0.25, 0.3) is 0 Å². The normalized spacial score (nSPS) is 20.1. The molecule has 2 aliphatic carbocycles. The van der Waals surface area contributed by atoms with Crippen LogP contribution < -0.4 is 5.32 Å². The third-order valence-electron chi connectivity index (χ3n) is 4.84. The molecule has 1 aromatic carbocycles. The molecule has 0 fully saturated rings. The quantitative estimate of drug-likeness (QED) is 0.924. The van der Waals surface area contributed by atoms with Crippen LogP contribution in [0.2, 0.25) is 0 Å². The van der Waals surface area contributed by atoms with Gasteiger partial charge in [-0.1, -0.05) is 29.4 Å². The Labute approximate surface area is 129 Å². The third kappa shape index (κ3) is 2.32. The first-order chi connectivity index (χ1) is 10.8. The molecule has 1 N–H and O–H groups in total. The Balaban J connectivity index is 1.57. The summed E-state index contributed by atoms with van der Waals surface area (Å²) in [6.07, 6.45) is 7.24. The summed E-state index contributed by atoms with van der Waals surface area (Å²) in [4.78, 5) is 12.6. The second-order valence-corrected chi connectivity index (χ2v) is 6.26. The maximum atomic E-state index is 12.6. The van der Waals surface area contributed by atoms with Crippen LogP contribution in [0.15, 0.2) is 28.8 Å². The highest BCUT2D eigenvalue weighted by molar-refractivity contribution is 5.94. The fourth-order valence-corrected chi connectivity index (χ4v) is 3.69. The zero-order valence-electron chi connectivity index (χ0n) is 12.6. The Hall–Kier alpha value is -2.10. The van der Waals surface area contributed by atoms with Gasteiger partial charge in [0.15, 0.2) is 5.69 Å². The summed E-state index contributed by atoms with van der Waals surface area (Å²) in [7, 11) is 0. The molecule has 1 atom stereocenters. The molecule has 114 valence electrons. The molecule has 4 heteroatoms. The number of aromatic nitrogens is 1. The predicted molar refractivity (Wildman–Crippen MR) is 82.7 cm³/mol. The van der Waals surface area contributed by atoms with Crippen molar-refractivity contribution in [1.29, 1.82) is 0 Å². The molecule has 0 bridgehead atoms. The Kier molecular flexibility index (Phi) is 3.45. The SMILES string of the molecule is O=C(N[C@H]1CCCc2ccccc21)c1noc2c1CCCC2. The van der Waals surface area contributed by atoms with E-state index in [1.165, 1.54) is 11.1 Å². The number of carbonyl (C=O) groups is 1. The standard InChI is InChI=1S/C18H20N2O2/c21-18(17-14-9-3-4-11-16(14)22-20-17)19-15-10-5-7-12-6-1-2-8-13(12)15/h1-2,6,8,15H,3-5,7,9-11H2,(H,19,21)/t15-/m0/s1. The molecule has 0 spiro atoms. The Bertz CT molecular complexity index is 705. The van der Waals surface area contributed by atoms with Crippen molar-refractivity contribution >= 4 is 5.91 Å². The molecular weight excluding hydrogens is 276 g/mol. The van der Waals surface area contributed by atoms with Crippen molar-refractivity contribution in [2.24, 2.45) is 0 Å². The van der Waals surface area contributed by atoms with Gasteiger partial charge in [0.1, 0.15) is 5.76 Å². The number of nitrogens with zero attached hydrogens (tertiary/aromatic N) is 1. The zero-order valence-corrected chi connectivity index (χ0v) is 12.6. The van der Waals surface area contributed by atoms with Crippen molar-refractivity contribution in [1.82, 2.24) is 10.5 Å². The molecule has 1 amide bonds. The zero-order chi connectivity index (χ0) is 14.9. The molecule has 22 heavy (non-hydrogen) atoms. The maximum Gasteiger partial charge on any atom is 0.274 e. The second-order valence-electron chi connectivity index (χ2n) is 6.26. The van der Waals surface area contributed by atoms with Gasteiger partial charge in [-0.15, -0.1) is 0 Å². The summed E-state index contributed by atoms with van der Waals surface area (Å²) in [5.74, 6) is 0.814. The number of amides is 1. The maximum absolute atomic E-state index is 12.6. The minimum Gasteiger partial charge on any atom is -0.360 e. The summed E-state index contributed by atoms with van der Waals surface area (Å²) >= 11 is 0. The number of nitrogens with one attached hydrogen (secondary N) is 1. The fourth-order valence-electron chi connectivity index (χ4n) is 3.69. The number of hydrogen-bond donors (Lipinski definition) is 1. The van der Waals surface area contributed by atoms with E-state index in [1.54, 1.807) is 0 Å². The van der Waals surface area contributed by atoms with Gasteiger partial charge in [-0.25, -0.2) is 0 Å². The van der Waals surface area contributed by atoms with E-state index in [0.29, 0.717) is 5.69 Å². The third-order valence-corrected chi connectivity index (χ3v) is 4.84. The van der Waals surface area contributed by atoms with Gasteiger partial charge in [0, 0.05) is 12.0 Å². The first kappa shape index (κ1) is 13.6. The molecule has 0 unspecified atom stereocenters. The van der Waals surface area contributed by atoms with Crippen LogP contribution in [0.3, 0.4) is 0 Å². The fraction of sp³-hybridized carbons (Fsp3) is 0.444. The Morgan fingerprint density at radius 1 is 1.14 bits per heavy atom. The second kappa shape index (κ2) is 5.59. The van der Waals surface area contributed by atoms with Gasteiger partial charge in [-0.3, -0.25) is 4.79 Å². The van der Waals surface area contributed by atoms with Gasteiger partial charge in [-0.2, -0.15) is 0 Å². The van der Waals surface area contributed by atoms with Crippen LogP contribution >= 0.6 is 0 Å². The number of rotatable bonds is 2. The minimum absolute atomic E-state index is 0.0893. The van der Waals surface area contributed by atoms with Gasteiger partial charge >= 0.3 is 0 Å². The van der Waals surface area contributed by atoms with Crippen molar-refractivity contribution < 1.29 is 9.32 Å². The molecule has 0 aliphatic heterocycles. The molecule has 4 nitrogen and oxygen atoms in total. The van der Waals surface area contributed by atoms with Crippen molar-refractivity contribution in [3.05, 3.63) is 52.4 Å². The highest BCUT2D eigenvalue weighted by Crippen LogP contribution is 2.30. The monoisotopic (exact) mass is 296 g/mol. The Morgan fingerprint density at radius 3 is 2.95 bits per heavy atom. The van der Waals surface area contributed by atoms with Crippen molar-refractivity contribution in [3.8, 4) is 0 Å². The summed E-state index contributed by atoms with van der Waals surface area (Å²) < 4.78 is 5.36. The molecule has 0 radical (unpaired) electrons. The van der Waals surface area contributed by atoms with E-state index in [-0.39, 0.29) is 11.9 Å². The van der Waals surface area contributed by atoms with Gasteiger partial charge in [0.05, 0.1) is 6.04 Å². The Morgan fingerprint density at radius 2 is 2.00 bits per heavy atom. The van der Waals surface area contributed by atoms with Crippen molar-refractivity contribution in [2.75, 3.05) is 0 Å². The summed E-state index contributed by atoms with van der Waals surface area (Å²) in [6.45, 7) is 0. The highest BCUT2D eigenvalue weighted by Gasteiger charge is 2.27. The number of hydrogen-bond acceptors (Lipinski definition) is 3. The van der Waals surface area contributed by atoms with Gasteiger partial charge in [0.2, 0.25) is 0 Å². The smallest absolute Gasteiger partial charge is 0.274 e. The van der Waals surface area contributed by atoms with Crippen LogP contribution in [-0.2, 0) is 19.3 Å². The van der Waals surface area contributed by atoms with Crippen LogP contribution in [-0.4, -0.2) is 11.1 Å². The molecule has 2 aliphatic rings. The topological polar surface area (TPSA) is 55.1 Å². The molecule has 2 aromatic rings. The first-order valence-corrected chi connectivity index (χ1v) is 8.19. The molecule has 1 aromatic heterocycles. The van der Waals surface area contributed by atoms with Crippen molar-refractivity contribution in [3.63, 3.8) is 0 Å². The number of benzene rings is 1. The van der Waals surface area contributed by atoms with Gasteiger partial charge in [-0.05, 0) is 49.7 Å². The van der Waals surface area contributed by atoms with Crippen LogP contribution in [0.5, 0.6) is 0 Å². The predicted octanol–water partition coefficient (Wildman–Crippen LogP) is 3.36. The number of aryl methyl sites for hydroxylation is 2. The van der Waals surface area contributed by atoms with E-state index in [9.17, 15) is 4.79 Å². The van der Waals surface area contributed by atoms with E-state index in [2.05, 4.69) is 28.7 Å². The van der Waals surface area contributed by atoms with Gasteiger partial charge < -0.3 is 9.84 Å². The van der Waals surface area contributed by atoms with E-state index in [4.69, 9.17) is 4.52 Å². The molecule has 0 saturated carbocycles. The van der Waals surface area contributed by atoms with E-state index >= 15 is 0 Å². The number of fused-ring (bicyclic) bond motifs is 2. The molecule has 0 saturated heterocycles. The average molecular weight is 296 g/mol. The van der Waals surface area contributed by atoms with Crippen molar-refractivity contribution in [2.45, 2.75) is 51.0 Å². The van der Waals surface area contributed by atoms with Crippen LogP contribution in [0, 0.1) is 0 Å². The summed E-state index contributed by atoms with van der Waals surface area (Å²) in [6, 6.07) is 8.48. The van der Waals surface area contributed by atoms with E-state index < -0.39 is 0 Å². The lowest BCUT2D eigenvalue weighted by Gasteiger charge is -2.26. The van der Waals surface area contributed by atoms with E-state index in [1.807, 2.05) is 6.07 Å². The largest absolute Gasteiger partial charge is 0.360 e.